The van der Waals surface area contributed by atoms with Gasteiger partial charge in [0.25, 0.3) is 5.91 Å². The van der Waals surface area contributed by atoms with Crippen LogP contribution >= 0.6 is 0 Å². The number of rotatable bonds is 5. The highest BCUT2D eigenvalue weighted by atomic mass is 16.2. The highest BCUT2D eigenvalue weighted by Gasteiger charge is 2.30. The van der Waals surface area contributed by atoms with Crippen molar-refractivity contribution >= 4 is 11.8 Å². The second-order valence-corrected chi connectivity index (χ2v) is 5.43. The molecule has 0 spiro atoms. The molecule has 0 unspecified atom stereocenters. The van der Waals surface area contributed by atoms with Gasteiger partial charge in [0.15, 0.2) is 0 Å². The Morgan fingerprint density at radius 1 is 1.41 bits per heavy atom. The van der Waals surface area contributed by atoms with E-state index in [9.17, 15) is 9.59 Å². The summed E-state index contributed by atoms with van der Waals surface area (Å²) in [6, 6.07) is 7.18. The molecule has 0 radical (unpaired) electrons. The Morgan fingerprint density at radius 3 is 3.00 bits per heavy atom. The first-order valence-corrected chi connectivity index (χ1v) is 7.24. The molecule has 1 aliphatic heterocycles. The van der Waals surface area contributed by atoms with Crippen molar-refractivity contribution in [2.75, 3.05) is 13.6 Å². The zero-order valence-corrected chi connectivity index (χ0v) is 12.4. The topological polar surface area (TPSA) is 67.2 Å². The number of carbonyl (C=O) groups excluding carboxylic acids is 2. The van der Waals surface area contributed by atoms with E-state index in [-0.39, 0.29) is 24.3 Å². The van der Waals surface area contributed by atoms with Gasteiger partial charge in [0.2, 0.25) is 5.91 Å². The maximum absolute atomic E-state index is 12.3. The van der Waals surface area contributed by atoms with Gasteiger partial charge in [-0.2, -0.15) is 0 Å². The Morgan fingerprint density at radius 2 is 2.23 bits per heavy atom. The Balaban J connectivity index is 1.59. The number of hydrogen-bond acceptors (Lipinski definition) is 3. The molecule has 0 aliphatic carbocycles. The predicted octanol–water partition coefficient (Wildman–Crippen LogP) is 1.22. The molecule has 0 saturated carbocycles. The van der Waals surface area contributed by atoms with Crippen LogP contribution in [0.1, 0.15) is 28.4 Å². The van der Waals surface area contributed by atoms with E-state index in [0.717, 1.165) is 5.56 Å². The zero-order chi connectivity index (χ0) is 15.5. The summed E-state index contributed by atoms with van der Waals surface area (Å²) in [6.45, 7) is 1.31. The molecule has 1 atom stereocenters. The van der Waals surface area contributed by atoms with Gasteiger partial charge in [0.05, 0.1) is 18.8 Å². The van der Waals surface area contributed by atoms with E-state index in [1.54, 1.807) is 30.5 Å². The molecule has 1 aliphatic rings. The molecule has 3 rings (SSSR count). The second kappa shape index (κ2) is 6.01. The minimum absolute atomic E-state index is 0.0159. The maximum atomic E-state index is 12.3. The van der Waals surface area contributed by atoms with Gasteiger partial charge in [-0.05, 0) is 11.6 Å². The van der Waals surface area contributed by atoms with E-state index in [1.807, 2.05) is 29.0 Å². The van der Waals surface area contributed by atoms with E-state index >= 15 is 0 Å². The van der Waals surface area contributed by atoms with Crippen LogP contribution in [0.4, 0.5) is 0 Å². The Hall–Kier alpha value is -2.63. The van der Waals surface area contributed by atoms with Crippen LogP contribution in [0.15, 0.2) is 43.0 Å². The van der Waals surface area contributed by atoms with Gasteiger partial charge in [-0.15, -0.1) is 0 Å². The number of nitrogens with zero attached hydrogens (tertiary/aromatic N) is 3. The number of hydrogen-bond donors (Lipinski definition) is 1. The fourth-order valence-corrected chi connectivity index (χ4v) is 2.62. The molecule has 22 heavy (non-hydrogen) atoms. The molecule has 6 nitrogen and oxygen atoms in total. The van der Waals surface area contributed by atoms with Crippen LogP contribution in [0.5, 0.6) is 0 Å². The van der Waals surface area contributed by atoms with Crippen molar-refractivity contribution in [1.82, 2.24) is 19.8 Å². The summed E-state index contributed by atoms with van der Waals surface area (Å²) in [5.74, 6) is -0.0865. The van der Waals surface area contributed by atoms with E-state index in [2.05, 4.69) is 10.3 Å². The normalized spacial score (nSPS) is 16.2. The summed E-state index contributed by atoms with van der Waals surface area (Å²) < 4.78 is 1.93. The lowest BCUT2D eigenvalue weighted by Crippen LogP contribution is -2.33. The first kappa shape index (κ1) is 14.3. The van der Waals surface area contributed by atoms with Gasteiger partial charge in [-0.3, -0.25) is 9.59 Å². The number of likely N-dealkylation sites (N-methyl/N-ethyl adjacent to an activating group) is 1. The van der Waals surface area contributed by atoms with Gasteiger partial charge in [0.1, 0.15) is 0 Å². The van der Waals surface area contributed by atoms with E-state index in [4.69, 9.17) is 0 Å². The van der Waals surface area contributed by atoms with E-state index in [0.29, 0.717) is 18.7 Å². The summed E-state index contributed by atoms with van der Waals surface area (Å²) in [4.78, 5) is 29.8. The fourth-order valence-electron chi connectivity index (χ4n) is 2.62. The van der Waals surface area contributed by atoms with Crippen LogP contribution in [0, 0.1) is 0 Å². The summed E-state index contributed by atoms with van der Waals surface area (Å²) in [5.41, 5.74) is 1.57. The fraction of sp³-hybridized carbons (Fsp3) is 0.312. The van der Waals surface area contributed by atoms with Gasteiger partial charge in [0, 0.05) is 38.1 Å². The Kier molecular flexibility index (Phi) is 3.91. The average Bonchev–Trinajstić information content (AvgIpc) is 3.14. The second-order valence-electron chi connectivity index (χ2n) is 5.43. The third-order valence-electron chi connectivity index (χ3n) is 3.94. The third kappa shape index (κ3) is 2.86. The number of aromatic nitrogens is 2. The minimum atomic E-state index is -0.230. The number of carbonyl (C=O) groups is 2. The van der Waals surface area contributed by atoms with E-state index in [1.165, 1.54) is 0 Å². The van der Waals surface area contributed by atoms with Crippen molar-refractivity contribution in [2.24, 2.45) is 0 Å². The van der Waals surface area contributed by atoms with Crippen LogP contribution in [0.2, 0.25) is 0 Å². The minimum Gasteiger partial charge on any atom is -0.345 e. The highest BCUT2D eigenvalue weighted by molar-refractivity contribution is 5.99. The standard InChI is InChI=1S/C16H18N4O2/c1-19(8-9-20-7-6-17-11-20)15(21)10-14-12-4-2-3-5-13(12)16(22)18-14/h2-7,11,14H,8-10H2,1H3,(H,18,22)/t14-/m0/s1. The molecule has 1 aromatic carbocycles. The molecule has 0 saturated heterocycles. The van der Waals surface area contributed by atoms with Crippen LogP contribution in [0.25, 0.3) is 0 Å². The maximum Gasteiger partial charge on any atom is 0.252 e. The summed E-state index contributed by atoms with van der Waals surface area (Å²) in [7, 11) is 1.78. The quantitative estimate of drug-likeness (QED) is 0.902. The number of amides is 2. The molecular weight excluding hydrogens is 280 g/mol. The largest absolute Gasteiger partial charge is 0.345 e. The molecule has 1 aromatic heterocycles. The molecule has 2 aromatic rings. The molecule has 0 bridgehead atoms. The first-order valence-electron chi connectivity index (χ1n) is 7.24. The monoisotopic (exact) mass is 298 g/mol. The van der Waals surface area contributed by atoms with Crippen molar-refractivity contribution < 1.29 is 9.59 Å². The van der Waals surface area contributed by atoms with Crippen LogP contribution in [0.3, 0.4) is 0 Å². The van der Waals surface area contributed by atoms with Crippen molar-refractivity contribution in [3.63, 3.8) is 0 Å². The Labute approximate surface area is 128 Å². The van der Waals surface area contributed by atoms with Gasteiger partial charge in [-0.1, -0.05) is 18.2 Å². The van der Waals surface area contributed by atoms with Crippen molar-refractivity contribution in [3.05, 3.63) is 54.1 Å². The lowest BCUT2D eigenvalue weighted by atomic mass is 10.0. The van der Waals surface area contributed by atoms with Crippen LogP contribution in [-0.4, -0.2) is 39.9 Å². The summed E-state index contributed by atoms with van der Waals surface area (Å²) in [5, 5.41) is 2.87. The third-order valence-corrected chi connectivity index (χ3v) is 3.94. The number of benzene rings is 1. The SMILES string of the molecule is CN(CCn1ccnc1)C(=O)C[C@@H]1NC(=O)c2ccccc21. The lowest BCUT2D eigenvalue weighted by Gasteiger charge is -2.20. The zero-order valence-electron chi connectivity index (χ0n) is 12.4. The van der Waals surface area contributed by atoms with Gasteiger partial charge >= 0.3 is 0 Å². The van der Waals surface area contributed by atoms with Gasteiger partial charge in [-0.25, -0.2) is 4.98 Å². The molecule has 2 amide bonds. The molecule has 1 N–H and O–H groups in total. The molecule has 2 heterocycles. The number of nitrogens with one attached hydrogen (secondary N) is 1. The summed E-state index contributed by atoms with van der Waals surface area (Å²) >= 11 is 0. The average molecular weight is 298 g/mol. The van der Waals surface area contributed by atoms with Crippen molar-refractivity contribution in [2.45, 2.75) is 19.0 Å². The number of imidazole rings is 1. The Bertz CT molecular complexity index is 681. The van der Waals surface area contributed by atoms with E-state index < -0.39 is 0 Å². The lowest BCUT2D eigenvalue weighted by molar-refractivity contribution is -0.130. The first-order chi connectivity index (χ1) is 10.6. The van der Waals surface area contributed by atoms with Crippen LogP contribution < -0.4 is 5.32 Å². The smallest absolute Gasteiger partial charge is 0.252 e. The molecular formula is C16H18N4O2. The van der Waals surface area contributed by atoms with Crippen LogP contribution in [-0.2, 0) is 11.3 Å². The molecule has 114 valence electrons. The van der Waals surface area contributed by atoms with Crippen molar-refractivity contribution in [3.8, 4) is 0 Å². The molecule has 6 heteroatoms. The number of fused-ring (bicyclic) bond motifs is 1. The van der Waals surface area contributed by atoms with Gasteiger partial charge < -0.3 is 14.8 Å². The highest BCUT2D eigenvalue weighted by Crippen LogP contribution is 2.27. The molecule has 0 fully saturated rings. The predicted molar refractivity (Wildman–Crippen MR) is 81.1 cm³/mol. The van der Waals surface area contributed by atoms with Crippen molar-refractivity contribution in [1.29, 1.82) is 0 Å². The summed E-state index contributed by atoms with van der Waals surface area (Å²) in [6.07, 6.45) is 5.59.